The average molecular weight is 403 g/mol. The van der Waals surface area contributed by atoms with E-state index in [4.69, 9.17) is 5.10 Å². The number of nitrogens with one attached hydrogen (secondary N) is 1. The maximum Gasteiger partial charge on any atom is 0.257 e. The third-order valence-corrected chi connectivity index (χ3v) is 6.99. The molecule has 2 atom stereocenters. The van der Waals surface area contributed by atoms with Gasteiger partial charge in [-0.2, -0.15) is 5.10 Å². The van der Waals surface area contributed by atoms with Crippen molar-refractivity contribution in [1.82, 2.24) is 15.2 Å². The SMILES string of the molecule is CNC(=O)C1CCCN1CC(=O)N1N=C(c2cccs2)CC1c1cccs1. The Morgan fingerprint density at radius 1 is 1.26 bits per heavy atom. The summed E-state index contributed by atoms with van der Waals surface area (Å²) < 4.78 is 0. The van der Waals surface area contributed by atoms with E-state index in [0.29, 0.717) is 0 Å². The second-order valence-corrected chi connectivity index (χ2v) is 8.67. The zero-order valence-corrected chi connectivity index (χ0v) is 16.8. The van der Waals surface area contributed by atoms with E-state index in [2.05, 4.69) is 11.4 Å². The smallest absolute Gasteiger partial charge is 0.257 e. The maximum atomic E-state index is 13.1. The van der Waals surface area contributed by atoms with Crippen molar-refractivity contribution in [3.63, 3.8) is 0 Å². The van der Waals surface area contributed by atoms with Gasteiger partial charge in [-0.3, -0.25) is 14.5 Å². The first-order valence-corrected chi connectivity index (χ1v) is 10.9. The molecule has 2 aromatic rings. The van der Waals surface area contributed by atoms with Crippen molar-refractivity contribution in [2.24, 2.45) is 5.10 Å². The van der Waals surface area contributed by atoms with Gasteiger partial charge in [0, 0.05) is 18.3 Å². The molecule has 142 valence electrons. The molecule has 2 aromatic heterocycles. The van der Waals surface area contributed by atoms with Crippen molar-refractivity contribution >= 4 is 40.2 Å². The fraction of sp³-hybridized carbons (Fsp3) is 0.421. The van der Waals surface area contributed by atoms with Gasteiger partial charge in [-0.25, -0.2) is 5.01 Å². The summed E-state index contributed by atoms with van der Waals surface area (Å²) >= 11 is 3.30. The minimum atomic E-state index is -0.220. The summed E-state index contributed by atoms with van der Waals surface area (Å²) in [6.07, 6.45) is 2.46. The summed E-state index contributed by atoms with van der Waals surface area (Å²) in [5, 5.41) is 13.1. The number of nitrogens with zero attached hydrogens (tertiary/aromatic N) is 3. The van der Waals surface area contributed by atoms with Crippen LogP contribution in [0.1, 0.15) is 35.1 Å². The molecule has 8 heteroatoms. The lowest BCUT2D eigenvalue weighted by atomic mass is 10.1. The minimum absolute atomic E-state index is 0.0145. The Hall–Kier alpha value is -2.03. The molecule has 1 fully saturated rings. The van der Waals surface area contributed by atoms with Crippen LogP contribution in [0, 0.1) is 0 Å². The summed E-state index contributed by atoms with van der Waals surface area (Å²) in [6, 6.07) is 7.84. The summed E-state index contributed by atoms with van der Waals surface area (Å²) in [6.45, 7) is 0.990. The Labute approximate surface area is 166 Å². The predicted molar refractivity (Wildman–Crippen MR) is 108 cm³/mol. The van der Waals surface area contributed by atoms with Crippen LogP contribution < -0.4 is 5.32 Å². The number of carbonyl (C=O) groups excluding carboxylic acids is 2. The highest BCUT2D eigenvalue weighted by Gasteiger charge is 2.37. The van der Waals surface area contributed by atoms with Crippen molar-refractivity contribution in [2.45, 2.75) is 31.3 Å². The van der Waals surface area contributed by atoms with Crippen LogP contribution in [-0.4, -0.2) is 53.6 Å². The van der Waals surface area contributed by atoms with E-state index >= 15 is 0 Å². The molecule has 0 spiro atoms. The molecule has 2 aliphatic rings. The summed E-state index contributed by atoms with van der Waals surface area (Å²) in [5.41, 5.74) is 0.959. The van der Waals surface area contributed by atoms with Gasteiger partial charge in [-0.1, -0.05) is 12.1 Å². The van der Waals surface area contributed by atoms with Gasteiger partial charge in [0.15, 0.2) is 0 Å². The van der Waals surface area contributed by atoms with Crippen LogP contribution in [0.15, 0.2) is 40.1 Å². The van der Waals surface area contributed by atoms with Crippen LogP contribution >= 0.6 is 22.7 Å². The topological polar surface area (TPSA) is 65.0 Å². The molecule has 1 N–H and O–H groups in total. The largest absolute Gasteiger partial charge is 0.358 e. The second kappa shape index (κ2) is 7.92. The molecule has 0 bridgehead atoms. The fourth-order valence-electron chi connectivity index (χ4n) is 3.76. The lowest BCUT2D eigenvalue weighted by Gasteiger charge is -2.26. The van der Waals surface area contributed by atoms with E-state index in [1.54, 1.807) is 34.7 Å². The van der Waals surface area contributed by atoms with Gasteiger partial charge < -0.3 is 5.32 Å². The van der Waals surface area contributed by atoms with Crippen molar-refractivity contribution in [3.05, 3.63) is 44.8 Å². The fourth-order valence-corrected chi connectivity index (χ4v) is 5.29. The Morgan fingerprint density at radius 2 is 2.07 bits per heavy atom. The van der Waals surface area contributed by atoms with Crippen LogP contribution in [0.25, 0.3) is 0 Å². The van der Waals surface area contributed by atoms with Crippen LogP contribution in [0.2, 0.25) is 0 Å². The van der Waals surface area contributed by atoms with Crippen LogP contribution in [0.3, 0.4) is 0 Å². The van der Waals surface area contributed by atoms with Crippen molar-refractivity contribution in [3.8, 4) is 0 Å². The lowest BCUT2D eigenvalue weighted by Crippen LogP contribution is -2.46. The van der Waals surface area contributed by atoms with Gasteiger partial charge >= 0.3 is 0 Å². The van der Waals surface area contributed by atoms with Gasteiger partial charge in [0.05, 0.1) is 29.2 Å². The number of hydrazone groups is 1. The highest BCUT2D eigenvalue weighted by molar-refractivity contribution is 7.12. The molecule has 2 aliphatic heterocycles. The number of amides is 2. The highest BCUT2D eigenvalue weighted by atomic mass is 32.1. The van der Waals surface area contributed by atoms with Gasteiger partial charge in [0.2, 0.25) is 5.91 Å². The third-order valence-electron chi connectivity index (χ3n) is 5.09. The number of thiophene rings is 2. The Kier molecular flexibility index (Phi) is 5.38. The number of likely N-dealkylation sites (tertiary alicyclic amines) is 1. The molecule has 0 saturated carbocycles. The molecule has 0 radical (unpaired) electrons. The van der Waals surface area contributed by atoms with Gasteiger partial charge in [-0.05, 0) is 42.3 Å². The predicted octanol–water partition coefficient (Wildman–Crippen LogP) is 2.70. The molecule has 1 saturated heterocycles. The number of hydrogen-bond donors (Lipinski definition) is 1. The quantitative estimate of drug-likeness (QED) is 0.836. The normalized spacial score (nSPS) is 22.9. The van der Waals surface area contributed by atoms with Crippen molar-refractivity contribution in [2.75, 3.05) is 20.1 Å². The third kappa shape index (κ3) is 3.69. The Morgan fingerprint density at radius 3 is 2.78 bits per heavy atom. The molecule has 0 aliphatic carbocycles. The first-order valence-electron chi connectivity index (χ1n) is 9.10. The Bertz CT molecular complexity index is 832. The van der Waals surface area contributed by atoms with Crippen molar-refractivity contribution < 1.29 is 9.59 Å². The molecular formula is C19H22N4O2S2. The Balaban J connectivity index is 1.55. The van der Waals surface area contributed by atoms with E-state index in [0.717, 1.165) is 41.3 Å². The van der Waals surface area contributed by atoms with Crippen molar-refractivity contribution in [1.29, 1.82) is 0 Å². The highest BCUT2D eigenvalue weighted by Crippen LogP contribution is 2.36. The molecule has 6 nitrogen and oxygen atoms in total. The lowest BCUT2D eigenvalue weighted by molar-refractivity contribution is -0.135. The standard InChI is InChI=1S/C19H22N4O2S2/c1-20-19(25)14-5-2-8-22(14)12-18(24)23-15(17-7-4-10-27-17)11-13(21-23)16-6-3-9-26-16/h3-4,6-7,9-10,14-15H,2,5,8,11-12H2,1H3,(H,20,25). The molecule has 2 unspecified atom stereocenters. The number of rotatable bonds is 5. The zero-order valence-electron chi connectivity index (χ0n) is 15.1. The van der Waals surface area contributed by atoms with Gasteiger partial charge in [0.25, 0.3) is 5.91 Å². The van der Waals surface area contributed by atoms with Crippen LogP contribution in [-0.2, 0) is 9.59 Å². The number of hydrogen-bond acceptors (Lipinski definition) is 6. The molecule has 4 rings (SSSR count). The summed E-state index contributed by atoms with van der Waals surface area (Å²) in [4.78, 5) is 29.4. The molecule has 27 heavy (non-hydrogen) atoms. The molecule has 0 aromatic carbocycles. The summed E-state index contributed by atoms with van der Waals surface area (Å²) in [7, 11) is 1.64. The minimum Gasteiger partial charge on any atom is -0.358 e. The molecular weight excluding hydrogens is 380 g/mol. The second-order valence-electron chi connectivity index (χ2n) is 6.74. The van der Waals surface area contributed by atoms with Gasteiger partial charge in [0.1, 0.15) is 0 Å². The monoisotopic (exact) mass is 402 g/mol. The number of likely N-dealkylation sites (N-methyl/N-ethyl adjacent to an activating group) is 1. The number of carbonyl (C=O) groups is 2. The van der Waals surface area contributed by atoms with E-state index in [1.165, 1.54) is 0 Å². The van der Waals surface area contributed by atoms with Crippen LogP contribution in [0.4, 0.5) is 0 Å². The first kappa shape index (κ1) is 18.3. The van der Waals surface area contributed by atoms with E-state index in [1.807, 2.05) is 33.9 Å². The summed E-state index contributed by atoms with van der Waals surface area (Å²) in [5.74, 6) is -0.0601. The van der Waals surface area contributed by atoms with Gasteiger partial charge in [-0.15, -0.1) is 22.7 Å². The molecule has 4 heterocycles. The average Bonchev–Trinajstić information content (AvgIpc) is 3.47. The zero-order chi connectivity index (χ0) is 18.8. The van der Waals surface area contributed by atoms with E-state index in [9.17, 15) is 9.59 Å². The maximum absolute atomic E-state index is 13.1. The van der Waals surface area contributed by atoms with E-state index in [-0.39, 0.29) is 30.4 Å². The van der Waals surface area contributed by atoms with Crippen LogP contribution in [0.5, 0.6) is 0 Å². The van der Waals surface area contributed by atoms with E-state index < -0.39 is 0 Å². The molecule has 2 amide bonds. The first-order chi connectivity index (χ1) is 13.2.